The van der Waals surface area contributed by atoms with E-state index in [9.17, 15) is 27.6 Å². The number of aromatic nitrogens is 3. The van der Waals surface area contributed by atoms with Gasteiger partial charge in [-0.1, -0.05) is 11.6 Å². The smallest absolute Gasteiger partial charge is 0.444 e. The van der Waals surface area contributed by atoms with E-state index in [1.807, 2.05) is 5.32 Å². The van der Waals surface area contributed by atoms with Gasteiger partial charge in [0.05, 0.1) is 27.6 Å². The summed E-state index contributed by atoms with van der Waals surface area (Å²) in [6, 6.07) is 1.52. The van der Waals surface area contributed by atoms with Crippen LogP contribution in [0.1, 0.15) is 20.8 Å². The van der Waals surface area contributed by atoms with Gasteiger partial charge in [-0.25, -0.2) is 9.78 Å². The zero-order valence-electron chi connectivity index (χ0n) is 17.6. The lowest BCUT2D eigenvalue weighted by Crippen LogP contribution is -2.34. The molecule has 0 bridgehead atoms. The highest BCUT2D eigenvalue weighted by molar-refractivity contribution is 7.14. The molecular weight excluding hydrogens is 487 g/mol. The van der Waals surface area contributed by atoms with Crippen molar-refractivity contribution in [2.45, 2.75) is 39.1 Å². The van der Waals surface area contributed by atoms with Crippen molar-refractivity contribution in [2.24, 2.45) is 0 Å². The number of halogens is 4. The van der Waals surface area contributed by atoms with Crippen molar-refractivity contribution in [3.63, 3.8) is 0 Å². The van der Waals surface area contributed by atoms with Gasteiger partial charge in [-0.2, -0.15) is 13.2 Å². The van der Waals surface area contributed by atoms with Crippen LogP contribution in [0.4, 0.5) is 23.7 Å². The van der Waals surface area contributed by atoms with Crippen LogP contribution in [0, 0.1) is 0 Å². The third kappa shape index (κ3) is 5.47. The summed E-state index contributed by atoms with van der Waals surface area (Å²) >= 11 is 7.33. The number of nitrogens with one attached hydrogen (secondary N) is 3. The van der Waals surface area contributed by atoms with Crippen LogP contribution in [0.5, 0.6) is 0 Å². The Hall–Kier alpha value is -3.06. The lowest BCUT2D eigenvalue weighted by atomic mass is 10.2. The minimum absolute atomic E-state index is 0.0460. The molecule has 0 aliphatic heterocycles. The van der Waals surface area contributed by atoms with E-state index in [4.69, 9.17) is 16.3 Å². The molecular formula is C19H19ClF3N5O4S. The molecule has 178 valence electrons. The van der Waals surface area contributed by atoms with Gasteiger partial charge in [-0.3, -0.25) is 9.59 Å². The Kier molecular flexibility index (Phi) is 6.75. The SMILES string of the molecule is CC(C)(C)OC(=O)NCCn1c(-c2sccc2Cl)c(NC(=O)C(F)(F)F)c2nc[nH]c(=O)c21. The number of alkyl halides is 3. The molecule has 14 heteroatoms. The average Bonchev–Trinajstić information content (AvgIpc) is 3.21. The fraction of sp³-hybridized carbons (Fsp3) is 0.368. The number of anilines is 1. The second-order valence-corrected chi connectivity index (χ2v) is 9.11. The Morgan fingerprint density at radius 2 is 2.00 bits per heavy atom. The highest BCUT2D eigenvalue weighted by Gasteiger charge is 2.40. The molecule has 3 aromatic rings. The lowest BCUT2D eigenvalue weighted by Gasteiger charge is -2.20. The molecule has 9 nitrogen and oxygen atoms in total. The van der Waals surface area contributed by atoms with E-state index in [1.165, 1.54) is 10.6 Å². The second kappa shape index (κ2) is 9.06. The highest BCUT2D eigenvalue weighted by atomic mass is 35.5. The van der Waals surface area contributed by atoms with Gasteiger partial charge in [0.25, 0.3) is 5.56 Å². The fourth-order valence-corrected chi connectivity index (χ4v) is 4.20. The summed E-state index contributed by atoms with van der Waals surface area (Å²) in [6.07, 6.45) is -4.88. The molecule has 0 aliphatic carbocycles. The molecule has 0 saturated carbocycles. The maximum absolute atomic E-state index is 13.0. The normalized spacial score (nSPS) is 12.1. The van der Waals surface area contributed by atoms with E-state index in [-0.39, 0.29) is 40.5 Å². The summed E-state index contributed by atoms with van der Waals surface area (Å²) in [6.45, 7) is 4.95. The summed E-state index contributed by atoms with van der Waals surface area (Å²) in [5.41, 5.74) is -1.92. The summed E-state index contributed by atoms with van der Waals surface area (Å²) in [5.74, 6) is -2.23. The number of alkyl carbamates (subject to hydrolysis) is 1. The number of amides is 2. The predicted molar refractivity (Wildman–Crippen MR) is 118 cm³/mol. The van der Waals surface area contributed by atoms with Gasteiger partial charge in [0.15, 0.2) is 0 Å². The van der Waals surface area contributed by atoms with Crippen molar-refractivity contribution in [3.8, 4) is 10.6 Å². The van der Waals surface area contributed by atoms with Gasteiger partial charge in [-0.05, 0) is 32.2 Å². The largest absolute Gasteiger partial charge is 0.471 e. The van der Waals surface area contributed by atoms with E-state index in [0.717, 1.165) is 17.7 Å². The number of H-pyrrole nitrogens is 1. The summed E-state index contributed by atoms with van der Waals surface area (Å²) in [7, 11) is 0. The number of carbonyl (C=O) groups excluding carboxylic acids is 2. The maximum Gasteiger partial charge on any atom is 0.471 e. The molecule has 3 heterocycles. The molecule has 0 aromatic carbocycles. The molecule has 2 amide bonds. The van der Waals surface area contributed by atoms with Gasteiger partial charge in [0.1, 0.15) is 16.6 Å². The Morgan fingerprint density at radius 3 is 2.58 bits per heavy atom. The Labute approximate surface area is 193 Å². The molecule has 3 rings (SSSR count). The third-order valence-electron chi connectivity index (χ3n) is 4.17. The summed E-state index contributed by atoms with van der Waals surface area (Å²) in [4.78, 5) is 43.0. The van der Waals surface area contributed by atoms with E-state index in [2.05, 4.69) is 15.3 Å². The van der Waals surface area contributed by atoms with Crippen LogP contribution in [-0.4, -0.2) is 44.9 Å². The van der Waals surface area contributed by atoms with Crippen LogP contribution >= 0.6 is 22.9 Å². The Balaban J connectivity index is 2.11. The van der Waals surface area contributed by atoms with Gasteiger partial charge in [0, 0.05) is 13.1 Å². The van der Waals surface area contributed by atoms with E-state index in [1.54, 1.807) is 26.2 Å². The van der Waals surface area contributed by atoms with Crippen LogP contribution in [0.25, 0.3) is 21.6 Å². The number of fused-ring (bicyclic) bond motifs is 1. The number of hydrogen-bond donors (Lipinski definition) is 3. The molecule has 0 radical (unpaired) electrons. The van der Waals surface area contributed by atoms with Gasteiger partial charge in [-0.15, -0.1) is 11.3 Å². The standard InChI is InChI=1S/C19H19ClF3N5O4S/c1-18(2,3)32-17(31)24-5-6-28-12(14-9(20)4-7-33-14)11(27-16(30)19(21,22)23)10-13(28)15(29)26-8-25-10/h4,7-8H,5-6H2,1-3H3,(H,24,31)(H,27,30)(H,25,26,29). The van der Waals surface area contributed by atoms with Crippen LogP contribution < -0.4 is 16.2 Å². The minimum atomic E-state index is -5.18. The predicted octanol–water partition coefficient (Wildman–Crippen LogP) is 4.13. The molecule has 0 atom stereocenters. The molecule has 0 saturated heterocycles. The van der Waals surface area contributed by atoms with E-state index in [0.29, 0.717) is 4.88 Å². The number of aromatic amines is 1. The first kappa shape index (κ1) is 24.6. The van der Waals surface area contributed by atoms with Crippen LogP contribution in [0.2, 0.25) is 5.02 Å². The van der Waals surface area contributed by atoms with Crippen LogP contribution in [0.3, 0.4) is 0 Å². The van der Waals surface area contributed by atoms with Gasteiger partial charge in [0.2, 0.25) is 0 Å². The molecule has 3 aromatic heterocycles. The first-order valence-corrected chi connectivity index (χ1v) is 10.7. The van der Waals surface area contributed by atoms with Crippen molar-refractivity contribution in [1.82, 2.24) is 19.9 Å². The number of rotatable bonds is 5. The molecule has 0 unspecified atom stereocenters. The van der Waals surface area contributed by atoms with Crippen molar-refractivity contribution in [2.75, 3.05) is 11.9 Å². The number of nitrogens with zero attached hydrogens (tertiary/aromatic N) is 2. The first-order valence-electron chi connectivity index (χ1n) is 9.48. The highest BCUT2D eigenvalue weighted by Crippen LogP contribution is 2.42. The van der Waals surface area contributed by atoms with E-state index < -0.39 is 29.3 Å². The van der Waals surface area contributed by atoms with Gasteiger partial charge >= 0.3 is 18.2 Å². The Morgan fingerprint density at radius 1 is 1.30 bits per heavy atom. The molecule has 33 heavy (non-hydrogen) atoms. The summed E-state index contributed by atoms with van der Waals surface area (Å²) in [5, 5.41) is 6.14. The zero-order valence-corrected chi connectivity index (χ0v) is 19.2. The van der Waals surface area contributed by atoms with Crippen LogP contribution in [0.15, 0.2) is 22.6 Å². The quantitative estimate of drug-likeness (QED) is 0.482. The first-order chi connectivity index (χ1) is 15.3. The zero-order chi connectivity index (χ0) is 24.6. The molecule has 0 aliphatic rings. The number of thiophene rings is 1. The fourth-order valence-electron chi connectivity index (χ4n) is 2.99. The third-order valence-corrected chi connectivity index (χ3v) is 5.52. The second-order valence-electron chi connectivity index (χ2n) is 7.78. The number of hydrogen-bond acceptors (Lipinski definition) is 6. The summed E-state index contributed by atoms with van der Waals surface area (Å²) < 4.78 is 45.5. The van der Waals surface area contributed by atoms with Crippen molar-refractivity contribution in [1.29, 1.82) is 0 Å². The van der Waals surface area contributed by atoms with Crippen LogP contribution in [-0.2, 0) is 16.1 Å². The minimum Gasteiger partial charge on any atom is -0.444 e. The number of ether oxygens (including phenoxy) is 1. The van der Waals surface area contributed by atoms with Gasteiger partial charge < -0.3 is 24.9 Å². The van der Waals surface area contributed by atoms with Crippen molar-refractivity contribution in [3.05, 3.63) is 33.2 Å². The molecule has 0 spiro atoms. The topological polar surface area (TPSA) is 118 Å². The lowest BCUT2D eigenvalue weighted by molar-refractivity contribution is -0.167. The van der Waals surface area contributed by atoms with E-state index >= 15 is 0 Å². The van der Waals surface area contributed by atoms with Crippen molar-refractivity contribution < 1.29 is 27.5 Å². The Bertz CT molecular complexity index is 1260. The average molecular weight is 506 g/mol. The van der Waals surface area contributed by atoms with Crippen molar-refractivity contribution >= 4 is 51.7 Å². The monoisotopic (exact) mass is 505 g/mol. The maximum atomic E-state index is 13.0. The molecule has 0 fully saturated rings. The number of carbonyl (C=O) groups is 2. The molecule has 3 N–H and O–H groups in total.